The topological polar surface area (TPSA) is 57.5 Å². The van der Waals surface area contributed by atoms with Crippen molar-refractivity contribution in [1.82, 2.24) is 0 Å². The molecule has 1 aromatic carbocycles. The molecule has 0 saturated carbocycles. The fourth-order valence-electron chi connectivity index (χ4n) is 1.49. The van der Waals surface area contributed by atoms with Crippen LogP contribution in [-0.4, -0.2) is 28.0 Å². The molecule has 3 nitrogen and oxygen atoms in total. The fourth-order valence-corrected chi connectivity index (χ4v) is 2.51. The van der Waals surface area contributed by atoms with Crippen LogP contribution in [0, 0.1) is 0 Å². The molecule has 1 rings (SSSR count). The van der Waals surface area contributed by atoms with Crippen LogP contribution in [0.2, 0.25) is 0 Å². The number of alkyl halides is 3. The Balaban J connectivity index is 3.07. The van der Waals surface area contributed by atoms with E-state index >= 15 is 0 Å². The van der Waals surface area contributed by atoms with Gasteiger partial charge in [-0.15, -0.1) is 11.8 Å². The molecule has 1 atom stereocenters. The van der Waals surface area contributed by atoms with Crippen LogP contribution in [0.4, 0.5) is 13.2 Å². The van der Waals surface area contributed by atoms with Crippen molar-refractivity contribution in [3.63, 3.8) is 0 Å². The SMILES string of the molecule is CC(CCO)Sc1ccc(C(F)(F)F)c(C(=O)O)c1. The van der Waals surface area contributed by atoms with E-state index in [-0.39, 0.29) is 11.9 Å². The minimum absolute atomic E-state index is 0.0108. The Labute approximate surface area is 112 Å². The molecule has 0 saturated heterocycles. The number of carboxylic acid groups (broad SMARTS) is 1. The summed E-state index contributed by atoms with van der Waals surface area (Å²) in [4.78, 5) is 11.3. The van der Waals surface area contributed by atoms with Crippen molar-refractivity contribution in [1.29, 1.82) is 0 Å². The van der Waals surface area contributed by atoms with Crippen molar-refractivity contribution in [2.75, 3.05) is 6.61 Å². The van der Waals surface area contributed by atoms with Crippen molar-refractivity contribution in [2.45, 2.75) is 29.7 Å². The van der Waals surface area contributed by atoms with Gasteiger partial charge in [-0.05, 0) is 24.6 Å². The van der Waals surface area contributed by atoms with Crippen LogP contribution in [0.3, 0.4) is 0 Å². The van der Waals surface area contributed by atoms with Crippen LogP contribution >= 0.6 is 11.8 Å². The second kappa shape index (κ2) is 6.29. The zero-order chi connectivity index (χ0) is 14.6. The lowest BCUT2D eigenvalue weighted by Crippen LogP contribution is -2.13. The van der Waals surface area contributed by atoms with E-state index in [1.807, 2.05) is 0 Å². The number of aromatic carboxylic acids is 1. The van der Waals surface area contributed by atoms with E-state index in [0.717, 1.165) is 12.1 Å². The van der Waals surface area contributed by atoms with Gasteiger partial charge in [0.1, 0.15) is 0 Å². The maximum Gasteiger partial charge on any atom is 0.417 e. The normalized spacial score (nSPS) is 13.3. The van der Waals surface area contributed by atoms with Gasteiger partial charge in [0.05, 0.1) is 11.1 Å². The van der Waals surface area contributed by atoms with Crippen LogP contribution in [0.25, 0.3) is 0 Å². The number of aliphatic hydroxyl groups is 1. The molecule has 0 amide bonds. The molecule has 0 aromatic heterocycles. The fraction of sp³-hybridized carbons (Fsp3) is 0.417. The number of aliphatic hydroxyl groups excluding tert-OH is 1. The monoisotopic (exact) mass is 294 g/mol. The molecule has 0 spiro atoms. The molecule has 1 aromatic rings. The molecule has 0 bridgehead atoms. The highest BCUT2D eigenvalue weighted by atomic mass is 32.2. The number of rotatable bonds is 5. The van der Waals surface area contributed by atoms with Gasteiger partial charge in [-0.25, -0.2) is 4.79 Å². The van der Waals surface area contributed by atoms with Gasteiger partial charge in [0.15, 0.2) is 0 Å². The second-order valence-corrected chi connectivity index (χ2v) is 5.46. The number of hydrogen-bond acceptors (Lipinski definition) is 3. The minimum atomic E-state index is -4.69. The molecule has 0 heterocycles. The summed E-state index contributed by atoms with van der Waals surface area (Å²) in [5, 5.41) is 17.6. The van der Waals surface area contributed by atoms with Gasteiger partial charge in [-0.1, -0.05) is 6.92 Å². The third kappa shape index (κ3) is 4.43. The molecule has 0 aliphatic heterocycles. The molecule has 0 radical (unpaired) electrons. The lowest BCUT2D eigenvalue weighted by Gasteiger charge is -2.13. The first-order valence-electron chi connectivity index (χ1n) is 5.47. The van der Waals surface area contributed by atoms with E-state index in [1.54, 1.807) is 6.92 Å². The molecule has 7 heteroatoms. The summed E-state index contributed by atoms with van der Waals surface area (Å²) in [5.74, 6) is -1.61. The zero-order valence-corrected chi connectivity index (χ0v) is 10.9. The quantitative estimate of drug-likeness (QED) is 0.818. The number of halogens is 3. The Morgan fingerprint density at radius 2 is 2.05 bits per heavy atom. The second-order valence-electron chi connectivity index (χ2n) is 3.95. The summed E-state index contributed by atoms with van der Waals surface area (Å²) >= 11 is 1.23. The van der Waals surface area contributed by atoms with Gasteiger partial charge in [0.25, 0.3) is 0 Å². The average molecular weight is 294 g/mol. The van der Waals surface area contributed by atoms with Gasteiger partial charge in [0, 0.05) is 16.8 Å². The number of carbonyl (C=O) groups is 1. The molecular weight excluding hydrogens is 281 g/mol. The van der Waals surface area contributed by atoms with Crippen molar-refractivity contribution in [3.8, 4) is 0 Å². The predicted octanol–water partition coefficient (Wildman–Crippen LogP) is 3.27. The average Bonchev–Trinajstić information content (AvgIpc) is 2.27. The molecule has 0 fully saturated rings. The largest absolute Gasteiger partial charge is 0.478 e. The highest BCUT2D eigenvalue weighted by Crippen LogP contribution is 2.35. The zero-order valence-electron chi connectivity index (χ0n) is 10.1. The van der Waals surface area contributed by atoms with Gasteiger partial charge < -0.3 is 10.2 Å². The van der Waals surface area contributed by atoms with E-state index in [0.29, 0.717) is 11.3 Å². The van der Waals surface area contributed by atoms with Gasteiger partial charge in [0.2, 0.25) is 0 Å². The standard InChI is InChI=1S/C12H13F3O3S/c1-7(4-5-16)19-8-2-3-10(12(13,14)15)9(6-8)11(17)18/h2-3,6-7,16H,4-5H2,1H3,(H,17,18). The van der Waals surface area contributed by atoms with Crippen molar-refractivity contribution in [3.05, 3.63) is 29.3 Å². The first-order valence-corrected chi connectivity index (χ1v) is 6.35. The maximum absolute atomic E-state index is 12.6. The smallest absolute Gasteiger partial charge is 0.417 e. The Kier molecular flexibility index (Phi) is 5.25. The van der Waals surface area contributed by atoms with Gasteiger partial charge in [-0.2, -0.15) is 13.2 Å². The number of thioether (sulfide) groups is 1. The van der Waals surface area contributed by atoms with Crippen LogP contribution in [0.5, 0.6) is 0 Å². The minimum Gasteiger partial charge on any atom is -0.478 e. The Morgan fingerprint density at radius 1 is 1.42 bits per heavy atom. The van der Waals surface area contributed by atoms with E-state index in [9.17, 15) is 18.0 Å². The highest BCUT2D eigenvalue weighted by Gasteiger charge is 2.35. The van der Waals surface area contributed by atoms with Crippen LogP contribution in [-0.2, 0) is 6.18 Å². The molecule has 106 valence electrons. The Morgan fingerprint density at radius 3 is 2.53 bits per heavy atom. The molecule has 0 aliphatic rings. The van der Waals surface area contributed by atoms with Crippen LogP contribution < -0.4 is 0 Å². The third-order valence-corrected chi connectivity index (χ3v) is 3.56. The van der Waals surface area contributed by atoms with Crippen LogP contribution in [0.15, 0.2) is 23.1 Å². The number of carboxylic acids is 1. The number of hydrogen-bond donors (Lipinski definition) is 2. The van der Waals surface area contributed by atoms with Gasteiger partial charge in [-0.3, -0.25) is 0 Å². The van der Waals surface area contributed by atoms with E-state index in [1.165, 1.54) is 17.8 Å². The van der Waals surface area contributed by atoms with E-state index in [4.69, 9.17) is 10.2 Å². The summed E-state index contributed by atoms with van der Waals surface area (Å²) < 4.78 is 37.9. The molecular formula is C12H13F3O3S. The van der Waals surface area contributed by atoms with E-state index in [2.05, 4.69) is 0 Å². The van der Waals surface area contributed by atoms with Crippen molar-refractivity contribution >= 4 is 17.7 Å². The molecule has 19 heavy (non-hydrogen) atoms. The Bertz CT molecular complexity index is 460. The Hall–Kier alpha value is -1.21. The molecule has 0 aliphatic carbocycles. The van der Waals surface area contributed by atoms with Gasteiger partial charge >= 0.3 is 12.1 Å². The van der Waals surface area contributed by atoms with Crippen molar-refractivity contribution in [2.24, 2.45) is 0 Å². The van der Waals surface area contributed by atoms with Crippen molar-refractivity contribution < 1.29 is 28.2 Å². The third-order valence-electron chi connectivity index (χ3n) is 2.40. The predicted molar refractivity (Wildman–Crippen MR) is 65.4 cm³/mol. The van der Waals surface area contributed by atoms with E-state index < -0.39 is 23.3 Å². The lowest BCUT2D eigenvalue weighted by atomic mass is 10.1. The summed E-state index contributed by atoms with van der Waals surface area (Å²) in [7, 11) is 0. The summed E-state index contributed by atoms with van der Waals surface area (Å²) in [6.45, 7) is 1.78. The summed E-state index contributed by atoms with van der Waals surface area (Å²) in [5.41, 5.74) is -1.91. The number of benzene rings is 1. The first-order chi connectivity index (χ1) is 8.75. The maximum atomic E-state index is 12.6. The highest BCUT2D eigenvalue weighted by molar-refractivity contribution is 7.99. The molecule has 2 N–H and O–H groups in total. The van der Waals surface area contributed by atoms with Crippen LogP contribution in [0.1, 0.15) is 29.3 Å². The molecule has 1 unspecified atom stereocenters. The lowest BCUT2D eigenvalue weighted by molar-refractivity contribution is -0.138. The summed E-state index contributed by atoms with van der Waals surface area (Å²) in [6.07, 6.45) is -4.21. The first kappa shape index (κ1) is 15.8. The summed E-state index contributed by atoms with van der Waals surface area (Å²) in [6, 6.07) is 3.04.